The molecule has 3 heteroatoms. The number of thiocarbonyl (C=S) groups is 1. The summed E-state index contributed by atoms with van der Waals surface area (Å²) >= 11 is 3.66. The van der Waals surface area contributed by atoms with E-state index in [2.05, 4.69) is 12.2 Å². The van der Waals surface area contributed by atoms with Gasteiger partial charge in [0.25, 0.3) is 0 Å². The quantitative estimate of drug-likeness (QED) is 0.349. The van der Waals surface area contributed by atoms with Gasteiger partial charge >= 0.3 is 0 Å². The fourth-order valence-corrected chi connectivity index (χ4v) is 0. The lowest BCUT2D eigenvalue weighted by molar-refractivity contribution is 0.555. The monoisotopic (exact) mass is 96.0 g/mol. The third-order valence-electron chi connectivity index (χ3n) is 0.105. The maximum atomic E-state index is 10.8. The summed E-state index contributed by atoms with van der Waals surface area (Å²) in [4.78, 5) is 0. The van der Waals surface area contributed by atoms with E-state index in [1.54, 1.807) is 0 Å². The number of hydrogen-bond acceptors (Lipinski definition) is 1. The van der Waals surface area contributed by atoms with Crippen LogP contribution in [0.5, 0.6) is 0 Å². The van der Waals surface area contributed by atoms with Crippen LogP contribution in [0.1, 0.15) is 0 Å². The lowest BCUT2D eigenvalue weighted by Gasteiger charge is -1.67. The zero-order chi connectivity index (χ0) is 4.28. The average molecular weight is 96.1 g/mol. The molecule has 0 rings (SSSR count). The topological polar surface area (TPSA) is 0 Å². The first kappa shape index (κ1) is 4.95. The van der Waals surface area contributed by atoms with Crippen molar-refractivity contribution in [3.63, 3.8) is 0 Å². The molecule has 0 aliphatic rings. The van der Waals surface area contributed by atoms with E-state index in [1.165, 1.54) is 0 Å². The van der Waals surface area contributed by atoms with Gasteiger partial charge in [0.1, 0.15) is 0 Å². The zero-order valence-electron chi connectivity index (χ0n) is 2.37. The molecule has 0 aliphatic heterocycles. The minimum atomic E-state index is -1.13. The van der Waals surface area contributed by atoms with Crippen LogP contribution >= 0.6 is 12.2 Å². The van der Waals surface area contributed by atoms with Crippen LogP contribution in [0.15, 0.2) is 0 Å². The highest BCUT2D eigenvalue weighted by atomic mass is 32.1. The van der Waals surface area contributed by atoms with E-state index in [-0.39, 0.29) is 0 Å². The Morgan fingerprint density at radius 2 is 2.00 bits per heavy atom. The highest BCUT2D eigenvalue weighted by molar-refractivity contribution is 7.80. The van der Waals surface area contributed by atoms with Gasteiger partial charge in [0.2, 0.25) is 0 Å². The molecule has 0 aromatic rings. The molecule has 0 unspecified atom stereocenters. The summed E-state index contributed by atoms with van der Waals surface area (Å²) in [6, 6.07) is 0. The standard InChI is InChI=1S/C2H2F2S/c3-1-2(4)5/h1H2. The van der Waals surface area contributed by atoms with Gasteiger partial charge in [-0.1, -0.05) is 0 Å². The zero-order valence-corrected chi connectivity index (χ0v) is 3.19. The normalized spacial score (nSPS) is 7.60. The van der Waals surface area contributed by atoms with Crippen molar-refractivity contribution in [3.8, 4) is 0 Å². The minimum absolute atomic E-state index is 1.08. The van der Waals surface area contributed by atoms with Gasteiger partial charge in [0, 0.05) is 0 Å². The van der Waals surface area contributed by atoms with Crippen molar-refractivity contribution < 1.29 is 8.78 Å². The molecule has 0 bridgehead atoms. The second-order valence-electron chi connectivity index (χ2n) is 0.489. The molecule has 0 saturated heterocycles. The van der Waals surface area contributed by atoms with Gasteiger partial charge < -0.3 is 0 Å². The largest absolute Gasteiger partial charge is 0.242 e. The second kappa shape index (κ2) is 2.20. The maximum Gasteiger partial charge on any atom is 0.194 e. The van der Waals surface area contributed by atoms with Crippen molar-refractivity contribution in [2.24, 2.45) is 0 Å². The number of alkyl halides is 1. The fourth-order valence-electron chi connectivity index (χ4n) is 0. The van der Waals surface area contributed by atoms with Gasteiger partial charge in [-0.3, -0.25) is 0 Å². The summed E-state index contributed by atoms with van der Waals surface area (Å²) in [6.45, 7) is -1.13. The van der Waals surface area contributed by atoms with Crippen molar-refractivity contribution in [1.29, 1.82) is 0 Å². The first-order valence-electron chi connectivity index (χ1n) is 1.01. The van der Waals surface area contributed by atoms with Gasteiger partial charge in [-0.05, 0) is 12.2 Å². The Morgan fingerprint density at radius 1 is 1.80 bits per heavy atom. The van der Waals surface area contributed by atoms with E-state index < -0.39 is 11.8 Å². The lowest BCUT2D eigenvalue weighted by atomic mass is 10.9. The van der Waals surface area contributed by atoms with Crippen LogP contribution in [0.3, 0.4) is 0 Å². The van der Waals surface area contributed by atoms with Crippen molar-refractivity contribution >= 4 is 17.3 Å². The van der Waals surface area contributed by atoms with E-state index in [0.29, 0.717) is 0 Å². The second-order valence-corrected chi connectivity index (χ2v) is 0.932. The SMILES string of the molecule is FCC(F)=S. The predicted molar refractivity (Wildman–Crippen MR) is 19.7 cm³/mol. The van der Waals surface area contributed by atoms with Crippen molar-refractivity contribution in [3.05, 3.63) is 0 Å². The lowest BCUT2D eigenvalue weighted by Crippen LogP contribution is -1.80. The Balaban J connectivity index is 2.85. The van der Waals surface area contributed by atoms with Crippen LogP contribution in [0.4, 0.5) is 8.78 Å². The van der Waals surface area contributed by atoms with E-state index >= 15 is 0 Å². The fraction of sp³-hybridized carbons (Fsp3) is 0.500. The van der Waals surface area contributed by atoms with Crippen LogP contribution in [0.2, 0.25) is 0 Å². The summed E-state index contributed by atoms with van der Waals surface area (Å²) in [7, 11) is 0. The maximum absolute atomic E-state index is 10.8. The van der Waals surface area contributed by atoms with Gasteiger partial charge in [0.05, 0.1) is 0 Å². The highest BCUT2D eigenvalue weighted by Gasteiger charge is 1.81. The summed E-state index contributed by atoms with van der Waals surface area (Å²) in [6.07, 6.45) is 0. The highest BCUT2D eigenvalue weighted by Crippen LogP contribution is 1.76. The predicted octanol–water partition coefficient (Wildman–Crippen LogP) is 1.25. The van der Waals surface area contributed by atoms with Gasteiger partial charge in [-0.15, -0.1) is 0 Å². The molecular weight excluding hydrogens is 94.1 g/mol. The molecule has 0 nitrogen and oxygen atoms in total. The number of halogens is 2. The Kier molecular flexibility index (Phi) is 2.18. The van der Waals surface area contributed by atoms with E-state index in [9.17, 15) is 8.78 Å². The number of hydrogen-bond donors (Lipinski definition) is 0. The Hall–Kier alpha value is -0.0500. The van der Waals surface area contributed by atoms with Crippen LogP contribution in [0.25, 0.3) is 0 Å². The molecule has 0 heterocycles. The smallest absolute Gasteiger partial charge is 0.194 e. The van der Waals surface area contributed by atoms with Crippen molar-refractivity contribution in [2.45, 2.75) is 0 Å². The summed E-state index contributed by atoms with van der Waals surface area (Å²) in [5, 5.41) is -1.08. The van der Waals surface area contributed by atoms with Crippen molar-refractivity contribution in [2.75, 3.05) is 6.67 Å². The van der Waals surface area contributed by atoms with E-state index in [1.807, 2.05) is 0 Å². The Morgan fingerprint density at radius 3 is 2.00 bits per heavy atom. The minimum Gasteiger partial charge on any atom is -0.242 e. The van der Waals surface area contributed by atoms with E-state index in [0.717, 1.165) is 0 Å². The summed E-state index contributed by atoms with van der Waals surface area (Å²) in [5.74, 6) is 0. The van der Waals surface area contributed by atoms with Gasteiger partial charge in [0.15, 0.2) is 11.8 Å². The molecule has 0 aromatic carbocycles. The molecule has 0 fully saturated rings. The molecule has 0 radical (unpaired) electrons. The molecule has 0 spiro atoms. The van der Waals surface area contributed by atoms with Crippen LogP contribution in [-0.2, 0) is 0 Å². The van der Waals surface area contributed by atoms with Crippen LogP contribution in [-0.4, -0.2) is 11.8 Å². The molecular formula is C2H2F2S. The van der Waals surface area contributed by atoms with Gasteiger partial charge in [-0.25, -0.2) is 4.39 Å². The molecule has 0 aliphatic carbocycles. The first-order valence-corrected chi connectivity index (χ1v) is 1.42. The molecule has 0 amide bonds. The Labute approximate surface area is 33.8 Å². The molecule has 5 heavy (non-hydrogen) atoms. The summed E-state index contributed by atoms with van der Waals surface area (Å²) in [5.41, 5.74) is 0. The third kappa shape index (κ3) is 3.95. The molecule has 0 atom stereocenters. The molecule has 0 saturated carbocycles. The molecule has 0 N–H and O–H groups in total. The average Bonchev–Trinajstić information content (AvgIpc) is 1.38. The van der Waals surface area contributed by atoms with Crippen molar-refractivity contribution in [1.82, 2.24) is 0 Å². The number of rotatable bonds is 1. The molecule has 0 aromatic heterocycles. The summed E-state index contributed by atoms with van der Waals surface area (Å²) < 4.78 is 21.4. The molecule has 30 valence electrons. The Bertz CT molecular complexity index is 42.9. The third-order valence-corrected chi connectivity index (χ3v) is 0.214. The van der Waals surface area contributed by atoms with E-state index in [4.69, 9.17) is 0 Å². The van der Waals surface area contributed by atoms with Crippen LogP contribution < -0.4 is 0 Å². The first-order chi connectivity index (χ1) is 2.27. The van der Waals surface area contributed by atoms with Gasteiger partial charge in [-0.2, -0.15) is 4.39 Å². The van der Waals surface area contributed by atoms with Crippen LogP contribution in [0, 0.1) is 0 Å².